The Balaban J connectivity index is 2.16. The first-order valence-corrected chi connectivity index (χ1v) is 6.80. The van der Waals surface area contributed by atoms with E-state index in [0.29, 0.717) is 31.5 Å². The van der Waals surface area contributed by atoms with Crippen molar-refractivity contribution < 1.29 is 14.7 Å². The largest absolute Gasteiger partial charge is 0.479 e. The SMILES string of the molecule is CCCC1(C(=O)O)CCCN1C(=O)Nc1cnn(C)c1. The summed E-state index contributed by atoms with van der Waals surface area (Å²) >= 11 is 0. The molecule has 7 heteroatoms. The summed E-state index contributed by atoms with van der Waals surface area (Å²) < 4.78 is 1.58. The number of carbonyl (C=O) groups excluding carboxylic acids is 1. The first kappa shape index (κ1) is 14.4. The summed E-state index contributed by atoms with van der Waals surface area (Å²) in [5.74, 6) is -0.918. The number of rotatable bonds is 4. The van der Waals surface area contributed by atoms with Crippen LogP contribution in [0.3, 0.4) is 0 Å². The summed E-state index contributed by atoms with van der Waals surface area (Å²) in [5.41, 5.74) is -0.499. The molecule has 1 atom stereocenters. The molecule has 1 aliphatic rings. The number of anilines is 1. The minimum atomic E-state index is -1.07. The van der Waals surface area contributed by atoms with Crippen molar-refractivity contribution in [2.24, 2.45) is 7.05 Å². The number of carbonyl (C=O) groups is 2. The molecular weight excluding hydrogens is 260 g/mol. The van der Waals surface area contributed by atoms with E-state index in [1.807, 2.05) is 6.92 Å². The van der Waals surface area contributed by atoms with Crippen molar-refractivity contribution in [2.75, 3.05) is 11.9 Å². The minimum Gasteiger partial charge on any atom is -0.479 e. The zero-order valence-electron chi connectivity index (χ0n) is 11.8. The monoisotopic (exact) mass is 280 g/mol. The Bertz CT molecular complexity index is 513. The molecule has 1 unspecified atom stereocenters. The van der Waals surface area contributed by atoms with Crippen molar-refractivity contribution in [1.82, 2.24) is 14.7 Å². The molecule has 1 aliphatic heterocycles. The third-order valence-corrected chi connectivity index (χ3v) is 3.75. The van der Waals surface area contributed by atoms with E-state index >= 15 is 0 Å². The van der Waals surface area contributed by atoms with Gasteiger partial charge in [0.25, 0.3) is 0 Å². The summed E-state index contributed by atoms with van der Waals surface area (Å²) in [6.07, 6.45) is 5.64. The number of urea groups is 1. The lowest BCUT2D eigenvalue weighted by Gasteiger charge is -2.34. The Kier molecular flexibility index (Phi) is 3.96. The molecule has 1 fully saturated rings. The fraction of sp³-hybridized carbons (Fsp3) is 0.615. The molecule has 2 heterocycles. The highest BCUT2D eigenvalue weighted by Gasteiger charge is 2.49. The second kappa shape index (κ2) is 5.52. The van der Waals surface area contributed by atoms with Crippen molar-refractivity contribution in [3.05, 3.63) is 12.4 Å². The van der Waals surface area contributed by atoms with Crippen molar-refractivity contribution in [3.8, 4) is 0 Å². The number of aryl methyl sites for hydroxylation is 1. The third-order valence-electron chi connectivity index (χ3n) is 3.75. The number of nitrogens with one attached hydrogen (secondary N) is 1. The van der Waals surface area contributed by atoms with Gasteiger partial charge in [0.1, 0.15) is 5.54 Å². The van der Waals surface area contributed by atoms with Crippen LogP contribution in [0.4, 0.5) is 10.5 Å². The normalized spacial score (nSPS) is 22.0. The van der Waals surface area contributed by atoms with Crippen molar-refractivity contribution in [2.45, 2.75) is 38.1 Å². The smallest absolute Gasteiger partial charge is 0.329 e. The molecule has 0 bridgehead atoms. The quantitative estimate of drug-likeness (QED) is 0.878. The zero-order chi connectivity index (χ0) is 14.8. The van der Waals surface area contributed by atoms with Gasteiger partial charge in [-0.3, -0.25) is 4.68 Å². The van der Waals surface area contributed by atoms with Gasteiger partial charge in [0.05, 0.1) is 11.9 Å². The molecule has 2 N–H and O–H groups in total. The molecule has 0 radical (unpaired) electrons. The standard InChI is InChI=1S/C13H20N4O3/c1-3-5-13(11(18)19)6-4-7-17(13)12(20)15-10-8-14-16(2)9-10/h8-9H,3-7H2,1-2H3,(H,15,20)(H,18,19). The summed E-state index contributed by atoms with van der Waals surface area (Å²) in [5, 5.41) is 16.2. The van der Waals surface area contributed by atoms with E-state index in [2.05, 4.69) is 10.4 Å². The highest BCUT2D eigenvalue weighted by Crippen LogP contribution is 2.34. The first-order chi connectivity index (χ1) is 9.49. The third kappa shape index (κ3) is 2.48. The van der Waals surface area contributed by atoms with E-state index < -0.39 is 11.5 Å². The summed E-state index contributed by atoms with van der Waals surface area (Å²) in [6.45, 7) is 2.40. The molecule has 0 aliphatic carbocycles. The first-order valence-electron chi connectivity index (χ1n) is 6.80. The van der Waals surface area contributed by atoms with Crippen LogP contribution in [-0.2, 0) is 11.8 Å². The molecular formula is C13H20N4O3. The number of hydrogen-bond acceptors (Lipinski definition) is 3. The molecule has 0 spiro atoms. The lowest BCUT2D eigenvalue weighted by molar-refractivity contribution is -0.148. The maximum Gasteiger partial charge on any atom is 0.329 e. The van der Waals surface area contributed by atoms with Crippen molar-refractivity contribution in [1.29, 1.82) is 0 Å². The van der Waals surface area contributed by atoms with Crippen LogP contribution in [0.1, 0.15) is 32.6 Å². The predicted octanol–water partition coefficient (Wildman–Crippen LogP) is 1.67. The molecule has 1 saturated heterocycles. The van der Waals surface area contributed by atoms with Gasteiger partial charge in [-0.25, -0.2) is 9.59 Å². The summed E-state index contributed by atoms with van der Waals surface area (Å²) in [6, 6.07) is -0.369. The Morgan fingerprint density at radius 3 is 2.85 bits per heavy atom. The van der Waals surface area contributed by atoms with Gasteiger partial charge in [0.2, 0.25) is 0 Å². The van der Waals surface area contributed by atoms with Crippen LogP contribution in [0.15, 0.2) is 12.4 Å². The highest BCUT2D eigenvalue weighted by atomic mass is 16.4. The van der Waals surface area contributed by atoms with Gasteiger partial charge >= 0.3 is 12.0 Å². The molecule has 1 aromatic heterocycles. The number of aromatic nitrogens is 2. The summed E-state index contributed by atoms with van der Waals surface area (Å²) in [4.78, 5) is 25.4. The summed E-state index contributed by atoms with van der Waals surface area (Å²) in [7, 11) is 1.75. The lowest BCUT2D eigenvalue weighted by atomic mass is 9.91. The van der Waals surface area contributed by atoms with Crippen LogP contribution in [0.5, 0.6) is 0 Å². The Labute approximate surface area is 117 Å². The Morgan fingerprint density at radius 1 is 1.55 bits per heavy atom. The van der Waals surface area contributed by atoms with Crippen LogP contribution in [0.2, 0.25) is 0 Å². The molecule has 2 amide bonds. The maximum absolute atomic E-state index is 12.3. The van der Waals surface area contributed by atoms with E-state index in [0.717, 1.165) is 6.42 Å². The molecule has 20 heavy (non-hydrogen) atoms. The van der Waals surface area contributed by atoms with Gasteiger partial charge in [-0.2, -0.15) is 5.10 Å². The number of hydrogen-bond donors (Lipinski definition) is 2. The van der Waals surface area contributed by atoms with Gasteiger partial charge in [-0.15, -0.1) is 0 Å². The van der Waals surface area contributed by atoms with Crippen LogP contribution in [0, 0.1) is 0 Å². The number of nitrogens with zero attached hydrogens (tertiary/aromatic N) is 3. The van der Waals surface area contributed by atoms with Gasteiger partial charge in [0.15, 0.2) is 0 Å². The number of carboxylic acids is 1. The number of carboxylic acid groups (broad SMARTS) is 1. The molecule has 2 rings (SSSR count). The van der Waals surface area contributed by atoms with E-state index in [1.54, 1.807) is 17.9 Å². The van der Waals surface area contributed by atoms with Gasteiger partial charge < -0.3 is 15.3 Å². The molecule has 7 nitrogen and oxygen atoms in total. The second-order valence-electron chi connectivity index (χ2n) is 5.17. The average Bonchev–Trinajstić information content (AvgIpc) is 2.97. The van der Waals surface area contributed by atoms with Gasteiger partial charge in [-0.1, -0.05) is 13.3 Å². The van der Waals surface area contributed by atoms with Gasteiger partial charge in [0, 0.05) is 19.8 Å². The van der Waals surface area contributed by atoms with Crippen molar-refractivity contribution >= 4 is 17.7 Å². The van der Waals surface area contributed by atoms with E-state index in [4.69, 9.17) is 0 Å². The Morgan fingerprint density at radius 2 is 2.30 bits per heavy atom. The van der Waals surface area contributed by atoms with Crippen molar-refractivity contribution in [3.63, 3.8) is 0 Å². The average molecular weight is 280 g/mol. The number of aliphatic carboxylic acids is 1. The minimum absolute atomic E-state index is 0.369. The fourth-order valence-electron chi connectivity index (χ4n) is 2.85. The van der Waals surface area contributed by atoms with Crippen LogP contribution >= 0.6 is 0 Å². The maximum atomic E-state index is 12.3. The number of amides is 2. The van der Waals surface area contributed by atoms with Crippen LogP contribution in [-0.4, -0.2) is 43.9 Å². The second-order valence-corrected chi connectivity index (χ2v) is 5.17. The fourth-order valence-corrected chi connectivity index (χ4v) is 2.85. The Hall–Kier alpha value is -2.05. The molecule has 0 aromatic carbocycles. The highest BCUT2D eigenvalue weighted by molar-refractivity contribution is 5.94. The van der Waals surface area contributed by atoms with E-state index in [1.165, 1.54) is 11.1 Å². The van der Waals surface area contributed by atoms with Crippen LogP contribution in [0.25, 0.3) is 0 Å². The predicted molar refractivity (Wildman–Crippen MR) is 73.4 cm³/mol. The number of likely N-dealkylation sites (tertiary alicyclic amines) is 1. The molecule has 0 saturated carbocycles. The van der Waals surface area contributed by atoms with Gasteiger partial charge in [-0.05, 0) is 19.3 Å². The van der Waals surface area contributed by atoms with Crippen LogP contribution < -0.4 is 5.32 Å². The lowest BCUT2D eigenvalue weighted by Crippen LogP contribution is -2.54. The van der Waals surface area contributed by atoms with E-state index in [-0.39, 0.29) is 6.03 Å². The zero-order valence-corrected chi connectivity index (χ0v) is 11.8. The molecule has 1 aromatic rings. The molecule has 110 valence electrons. The van der Waals surface area contributed by atoms with E-state index in [9.17, 15) is 14.7 Å². The topological polar surface area (TPSA) is 87.5 Å².